The molecule has 6 heteroatoms. The van der Waals surface area contributed by atoms with Crippen LogP contribution in [-0.2, 0) is 11.2 Å². The monoisotopic (exact) mass is 335 g/mol. The number of benzene rings is 1. The summed E-state index contributed by atoms with van der Waals surface area (Å²) in [7, 11) is 1.78. The summed E-state index contributed by atoms with van der Waals surface area (Å²) in [6.45, 7) is 5.19. The Kier molecular flexibility index (Phi) is 5.44. The molecule has 0 radical (unpaired) electrons. The molecule has 2 aromatic rings. The van der Waals surface area contributed by atoms with Crippen LogP contribution in [0.1, 0.15) is 19.5 Å². The Morgan fingerprint density at radius 1 is 1.35 bits per heavy atom. The number of nitrogens with zero attached hydrogens (tertiary/aromatic N) is 2. The van der Waals surface area contributed by atoms with Gasteiger partial charge in [-0.15, -0.1) is 0 Å². The Morgan fingerprint density at radius 2 is 2.00 bits per heavy atom. The van der Waals surface area contributed by atoms with Crippen LogP contribution in [0, 0.1) is 5.41 Å². The van der Waals surface area contributed by atoms with Crippen LogP contribution in [0.3, 0.4) is 0 Å². The summed E-state index contributed by atoms with van der Waals surface area (Å²) in [6, 6.07) is 7.20. The Morgan fingerprint density at radius 3 is 2.61 bits per heavy atom. The fourth-order valence-corrected chi connectivity index (χ4v) is 2.32. The van der Waals surface area contributed by atoms with Gasteiger partial charge in [-0.3, -0.25) is 4.79 Å². The molecular formula is C17H22ClN3O2. The van der Waals surface area contributed by atoms with Crippen molar-refractivity contribution in [3.8, 4) is 11.5 Å². The van der Waals surface area contributed by atoms with Crippen LogP contribution in [0.25, 0.3) is 11.5 Å². The highest BCUT2D eigenvalue weighted by Gasteiger charge is 2.22. The van der Waals surface area contributed by atoms with Gasteiger partial charge in [-0.25, -0.2) is 4.98 Å². The molecular weight excluding hydrogens is 314 g/mol. The molecule has 0 fully saturated rings. The SMILES string of the molecule is CN(CC(C)(C)CN)C(=O)Cc1coc(-c2ccc(Cl)cc2)n1. The van der Waals surface area contributed by atoms with Gasteiger partial charge in [0.05, 0.1) is 12.1 Å². The van der Waals surface area contributed by atoms with E-state index in [1.54, 1.807) is 24.1 Å². The number of rotatable bonds is 6. The van der Waals surface area contributed by atoms with E-state index < -0.39 is 0 Å². The summed E-state index contributed by atoms with van der Waals surface area (Å²) in [4.78, 5) is 18.3. The number of nitrogens with two attached hydrogens (primary N) is 1. The number of aromatic nitrogens is 1. The Bertz CT molecular complexity index is 665. The third kappa shape index (κ3) is 4.81. The van der Waals surface area contributed by atoms with Gasteiger partial charge >= 0.3 is 0 Å². The van der Waals surface area contributed by atoms with E-state index in [1.165, 1.54) is 6.26 Å². The van der Waals surface area contributed by atoms with Crippen molar-refractivity contribution in [1.29, 1.82) is 0 Å². The summed E-state index contributed by atoms with van der Waals surface area (Å²) in [5.41, 5.74) is 7.04. The lowest BCUT2D eigenvalue weighted by Crippen LogP contribution is -2.40. The van der Waals surface area contributed by atoms with E-state index in [4.69, 9.17) is 21.8 Å². The molecule has 1 amide bonds. The first-order valence-electron chi connectivity index (χ1n) is 7.45. The zero-order chi connectivity index (χ0) is 17.0. The molecule has 0 aliphatic rings. The molecule has 2 rings (SSSR count). The van der Waals surface area contributed by atoms with Crippen LogP contribution >= 0.6 is 11.6 Å². The minimum atomic E-state index is -0.108. The lowest BCUT2D eigenvalue weighted by atomic mass is 9.93. The Labute approximate surface area is 141 Å². The second-order valence-electron chi connectivity index (χ2n) is 6.45. The lowest BCUT2D eigenvalue weighted by Gasteiger charge is -2.28. The normalized spacial score (nSPS) is 11.5. The Hall–Kier alpha value is -1.85. The van der Waals surface area contributed by atoms with E-state index in [0.717, 1.165) is 5.56 Å². The zero-order valence-corrected chi connectivity index (χ0v) is 14.4. The molecule has 0 aliphatic carbocycles. The minimum Gasteiger partial charge on any atom is -0.444 e. The number of oxazole rings is 1. The van der Waals surface area contributed by atoms with Crippen LogP contribution in [0.2, 0.25) is 5.02 Å². The van der Waals surface area contributed by atoms with Gasteiger partial charge < -0.3 is 15.1 Å². The smallest absolute Gasteiger partial charge is 0.228 e. The number of likely N-dealkylation sites (N-methyl/N-ethyl adjacent to an activating group) is 1. The quantitative estimate of drug-likeness (QED) is 0.880. The molecule has 0 aliphatic heterocycles. The van der Waals surface area contributed by atoms with Gasteiger partial charge in [-0.2, -0.15) is 0 Å². The first kappa shape index (κ1) is 17.5. The molecule has 23 heavy (non-hydrogen) atoms. The summed E-state index contributed by atoms with van der Waals surface area (Å²) in [5, 5.41) is 0.653. The first-order chi connectivity index (χ1) is 10.8. The van der Waals surface area contributed by atoms with E-state index in [2.05, 4.69) is 4.98 Å². The van der Waals surface area contributed by atoms with Gasteiger partial charge in [0.15, 0.2) is 0 Å². The van der Waals surface area contributed by atoms with Crippen LogP contribution < -0.4 is 5.73 Å². The molecule has 124 valence electrons. The Balaban J connectivity index is 2.01. The maximum absolute atomic E-state index is 12.3. The molecule has 0 spiro atoms. The number of carbonyl (C=O) groups is 1. The van der Waals surface area contributed by atoms with E-state index in [1.807, 2.05) is 26.0 Å². The lowest BCUT2D eigenvalue weighted by molar-refractivity contribution is -0.130. The van der Waals surface area contributed by atoms with E-state index in [9.17, 15) is 4.79 Å². The minimum absolute atomic E-state index is 0.0116. The number of amides is 1. The number of halogens is 1. The van der Waals surface area contributed by atoms with Gasteiger partial charge in [0, 0.05) is 24.2 Å². The van der Waals surface area contributed by atoms with Crippen molar-refractivity contribution in [2.75, 3.05) is 20.1 Å². The molecule has 2 N–H and O–H groups in total. The molecule has 0 saturated heterocycles. The van der Waals surface area contributed by atoms with Gasteiger partial charge in [-0.05, 0) is 36.2 Å². The average Bonchev–Trinajstić information content (AvgIpc) is 2.96. The fraction of sp³-hybridized carbons (Fsp3) is 0.412. The number of hydrogen-bond acceptors (Lipinski definition) is 4. The molecule has 0 unspecified atom stereocenters. The van der Waals surface area contributed by atoms with Crippen molar-refractivity contribution in [2.24, 2.45) is 11.1 Å². The maximum atomic E-state index is 12.3. The highest BCUT2D eigenvalue weighted by atomic mass is 35.5. The number of carbonyl (C=O) groups excluding carboxylic acids is 1. The maximum Gasteiger partial charge on any atom is 0.228 e. The molecule has 1 aromatic heterocycles. The topological polar surface area (TPSA) is 72.4 Å². The second kappa shape index (κ2) is 7.15. The predicted octanol–water partition coefficient (Wildman–Crippen LogP) is 2.98. The standard InChI is InChI=1S/C17H22ClN3O2/c1-17(2,10-19)11-21(3)15(22)8-14-9-23-16(20-14)12-4-6-13(18)7-5-12/h4-7,9H,8,10-11,19H2,1-3H3. The van der Waals surface area contributed by atoms with Crippen LogP contribution in [0.5, 0.6) is 0 Å². The largest absolute Gasteiger partial charge is 0.444 e. The molecule has 0 bridgehead atoms. The number of hydrogen-bond donors (Lipinski definition) is 1. The summed E-state index contributed by atoms with van der Waals surface area (Å²) in [6.07, 6.45) is 1.72. The summed E-state index contributed by atoms with van der Waals surface area (Å²) < 4.78 is 5.45. The average molecular weight is 336 g/mol. The molecule has 0 saturated carbocycles. The molecule has 5 nitrogen and oxygen atoms in total. The second-order valence-corrected chi connectivity index (χ2v) is 6.88. The fourth-order valence-electron chi connectivity index (χ4n) is 2.20. The van der Waals surface area contributed by atoms with Crippen LogP contribution in [0.4, 0.5) is 0 Å². The van der Waals surface area contributed by atoms with Gasteiger partial charge in [-0.1, -0.05) is 25.4 Å². The van der Waals surface area contributed by atoms with Crippen molar-refractivity contribution < 1.29 is 9.21 Å². The summed E-state index contributed by atoms with van der Waals surface area (Å²) in [5.74, 6) is 0.469. The highest BCUT2D eigenvalue weighted by molar-refractivity contribution is 6.30. The van der Waals surface area contributed by atoms with E-state index in [-0.39, 0.29) is 17.7 Å². The van der Waals surface area contributed by atoms with Crippen molar-refractivity contribution in [1.82, 2.24) is 9.88 Å². The van der Waals surface area contributed by atoms with E-state index >= 15 is 0 Å². The van der Waals surface area contributed by atoms with Gasteiger partial charge in [0.25, 0.3) is 0 Å². The molecule has 0 atom stereocenters. The van der Waals surface area contributed by atoms with Gasteiger partial charge in [0.1, 0.15) is 6.26 Å². The third-order valence-corrected chi connectivity index (χ3v) is 3.87. The van der Waals surface area contributed by atoms with E-state index in [0.29, 0.717) is 29.7 Å². The predicted molar refractivity (Wildman–Crippen MR) is 91.1 cm³/mol. The van der Waals surface area contributed by atoms with Crippen molar-refractivity contribution >= 4 is 17.5 Å². The molecule has 1 heterocycles. The van der Waals surface area contributed by atoms with Crippen LogP contribution in [0.15, 0.2) is 34.9 Å². The van der Waals surface area contributed by atoms with Crippen molar-refractivity contribution in [3.63, 3.8) is 0 Å². The summed E-state index contributed by atoms with van der Waals surface area (Å²) >= 11 is 5.86. The highest BCUT2D eigenvalue weighted by Crippen LogP contribution is 2.21. The van der Waals surface area contributed by atoms with Crippen molar-refractivity contribution in [2.45, 2.75) is 20.3 Å². The molecule has 1 aromatic carbocycles. The third-order valence-electron chi connectivity index (χ3n) is 3.62. The van der Waals surface area contributed by atoms with Crippen molar-refractivity contribution in [3.05, 3.63) is 41.2 Å². The zero-order valence-electron chi connectivity index (χ0n) is 13.7. The van der Waals surface area contributed by atoms with Gasteiger partial charge in [0.2, 0.25) is 11.8 Å². The van der Waals surface area contributed by atoms with Crippen LogP contribution in [-0.4, -0.2) is 35.9 Å². The first-order valence-corrected chi connectivity index (χ1v) is 7.83.